The molecule has 1 aliphatic heterocycles. The molecule has 1 amide bonds. The summed E-state index contributed by atoms with van der Waals surface area (Å²) in [6.45, 7) is 5.89. The van der Waals surface area contributed by atoms with Crippen molar-refractivity contribution < 1.29 is 14.3 Å². The van der Waals surface area contributed by atoms with Crippen LogP contribution in [0.4, 0.5) is 0 Å². The molecule has 0 unspecified atom stereocenters. The van der Waals surface area contributed by atoms with Crippen molar-refractivity contribution in [2.24, 2.45) is 5.92 Å². The van der Waals surface area contributed by atoms with Gasteiger partial charge in [-0.15, -0.1) is 0 Å². The van der Waals surface area contributed by atoms with Crippen LogP contribution in [0, 0.1) is 5.92 Å². The topological polar surface area (TPSA) is 58.6 Å². The SMILES string of the molecule is CCOC(=O)C1CCN(CC(=O)N[C@H](C)c2ccc(Cl)c(Cl)c2)CC1. The fourth-order valence-corrected chi connectivity index (χ4v) is 3.25. The van der Waals surface area contributed by atoms with Gasteiger partial charge in [-0.2, -0.15) is 0 Å². The highest BCUT2D eigenvalue weighted by Crippen LogP contribution is 2.25. The summed E-state index contributed by atoms with van der Waals surface area (Å²) in [4.78, 5) is 26.1. The van der Waals surface area contributed by atoms with Gasteiger partial charge in [0.05, 0.1) is 35.2 Å². The van der Waals surface area contributed by atoms with Gasteiger partial charge in [0.1, 0.15) is 0 Å². The Hall–Kier alpha value is -1.30. The van der Waals surface area contributed by atoms with Crippen LogP contribution in [-0.2, 0) is 14.3 Å². The summed E-state index contributed by atoms with van der Waals surface area (Å²) >= 11 is 11.9. The second-order valence-corrected chi connectivity index (χ2v) is 7.08. The van der Waals surface area contributed by atoms with Crippen molar-refractivity contribution in [3.63, 3.8) is 0 Å². The Balaban J connectivity index is 1.79. The first-order valence-electron chi connectivity index (χ1n) is 8.54. The number of esters is 1. The molecule has 25 heavy (non-hydrogen) atoms. The van der Waals surface area contributed by atoms with E-state index in [2.05, 4.69) is 10.2 Å². The van der Waals surface area contributed by atoms with E-state index in [1.54, 1.807) is 12.1 Å². The lowest BCUT2D eigenvalue weighted by Gasteiger charge is -2.30. The molecule has 5 nitrogen and oxygen atoms in total. The maximum Gasteiger partial charge on any atom is 0.309 e. The van der Waals surface area contributed by atoms with Crippen LogP contribution < -0.4 is 5.32 Å². The first-order chi connectivity index (χ1) is 11.9. The number of nitrogens with zero attached hydrogens (tertiary/aromatic N) is 1. The van der Waals surface area contributed by atoms with Gasteiger partial charge in [-0.1, -0.05) is 29.3 Å². The van der Waals surface area contributed by atoms with Crippen LogP contribution in [0.3, 0.4) is 0 Å². The van der Waals surface area contributed by atoms with Gasteiger partial charge in [0, 0.05) is 0 Å². The molecular weight excluding hydrogens is 363 g/mol. The third kappa shape index (κ3) is 5.87. The molecule has 1 heterocycles. The molecule has 1 aliphatic rings. The molecular formula is C18H24Cl2N2O3. The van der Waals surface area contributed by atoms with E-state index in [0.717, 1.165) is 31.5 Å². The smallest absolute Gasteiger partial charge is 0.309 e. The number of piperidine rings is 1. The summed E-state index contributed by atoms with van der Waals surface area (Å²) in [7, 11) is 0. The van der Waals surface area contributed by atoms with Crippen molar-refractivity contribution in [3.05, 3.63) is 33.8 Å². The lowest BCUT2D eigenvalue weighted by atomic mass is 9.97. The summed E-state index contributed by atoms with van der Waals surface area (Å²) in [5.41, 5.74) is 0.906. The highest BCUT2D eigenvalue weighted by molar-refractivity contribution is 6.42. The predicted molar refractivity (Wildman–Crippen MR) is 98.8 cm³/mol. The number of nitrogens with one attached hydrogen (secondary N) is 1. The van der Waals surface area contributed by atoms with Crippen LogP contribution in [-0.4, -0.2) is 43.0 Å². The summed E-state index contributed by atoms with van der Waals surface area (Å²) < 4.78 is 5.06. The van der Waals surface area contributed by atoms with E-state index in [9.17, 15) is 9.59 Å². The van der Waals surface area contributed by atoms with Gasteiger partial charge < -0.3 is 10.1 Å². The number of halogens is 2. The summed E-state index contributed by atoms with van der Waals surface area (Å²) in [5.74, 6) is -0.220. The number of ether oxygens (including phenoxy) is 1. The monoisotopic (exact) mass is 386 g/mol. The van der Waals surface area contributed by atoms with Crippen LogP contribution in [0.5, 0.6) is 0 Å². The van der Waals surface area contributed by atoms with Gasteiger partial charge in [-0.05, 0) is 57.5 Å². The molecule has 1 aromatic rings. The van der Waals surface area contributed by atoms with E-state index in [-0.39, 0.29) is 23.8 Å². The Labute approximate surface area is 158 Å². The predicted octanol–water partition coefficient (Wildman–Crippen LogP) is 3.45. The highest BCUT2D eigenvalue weighted by atomic mass is 35.5. The number of hydrogen-bond donors (Lipinski definition) is 1. The van der Waals surface area contributed by atoms with Gasteiger partial charge in [0.15, 0.2) is 0 Å². The molecule has 0 spiro atoms. The van der Waals surface area contributed by atoms with Crippen molar-refractivity contribution in [2.75, 3.05) is 26.2 Å². The molecule has 0 bridgehead atoms. The number of carbonyl (C=O) groups is 2. The molecule has 0 radical (unpaired) electrons. The first-order valence-corrected chi connectivity index (χ1v) is 9.29. The Bertz CT molecular complexity index is 616. The van der Waals surface area contributed by atoms with Crippen LogP contribution in [0.15, 0.2) is 18.2 Å². The Kier molecular flexibility index (Phi) is 7.54. The number of amides is 1. The molecule has 0 aliphatic carbocycles. The average Bonchev–Trinajstić information content (AvgIpc) is 2.58. The zero-order valence-corrected chi connectivity index (χ0v) is 16.1. The minimum atomic E-state index is -0.153. The fraction of sp³-hybridized carbons (Fsp3) is 0.556. The lowest BCUT2D eigenvalue weighted by molar-refractivity contribution is -0.149. The van der Waals surface area contributed by atoms with Gasteiger partial charge in [0.25, 0.3) is 0 Å². The Morgan fingerprint density at radius 3 is 2.56 bits per heavy atom. The lowest BCUT2D eigenvalue weighted by Crippen LogP contribution is -2.43. The second kappa shape index (κ2) is 9.41. The molecule has 138 valence electrons. The standard InChI is InChI=1S/C18H24Cl2N2O3/c1-3-25-18(24)13-6-8-22(9-7-13)11-17(23)21-12(2)14-4-5-15(19)16(20)10-14/h4-5,10,12-13H,3,6-9,11H2,1-2H3,(H,21,23)/t12-/m1/s1. The van der Waals surface area contributed by atoms with Crippen molar-refractivity contribution >= 4 is 35.1 Å². The maximum atomic E-state index is 12.3. The minimum absolute atomic E-state index is 0.0469. The maximum absolute atomic E-state index is 12.3. The molecule has 0 saturated carbocycles. The zero-order chi connectivity index (χ0) is 18.4. The summed E-state index contributed by atoms with van der Waals surface area (Å²) in [6.07, 6.45) is 1.46. The molecule has 7 heteroatoms. The molecule has 1 aromatic carbocycles. The van der Waals surface area contributed by atoms with Gasteiger partial charge in [-0.3, -0.25) is 14.5 Å². The number of hydrogen-bond acceptors (Lipinski definition) is 4. The molecule has 0 aromatic heterocycles. The largest absolute Gasteiger partial charge is 0.466 e. The van der Waals surface area contributed by atoms with Crippen LogP contribution in [0.2, 0.25) is 10.0 Å². The van der Waals surface area contributed by atoms with Crippen molar-refractivity contribution in [2.45, 2.75) is 32.7 Å². The molecule has 2 rings (SSSR count). The van der Waals surface area contributed by atoms with Crippen molar-refractivity contribution in [1.82, 2.24) is 10.2 Å². The average molecular weight is 387 g/mol. The highest BCUT2D eigenvalue weighted by Gasteiger charge is 2.27. The molecule has 1 fully saturated rings. The Morgan fingerprint density at radius 2 is 1.96 bits per heavy atom. The Morgan fingerprint density at radius 1 is 1.28 bits per heavy atom. The van der Waals surface area contributed by atoms with E-state index in [4.69, 9.17) is 27.9 Å². The molecule has 1 atom stereocenters. The summed E-state index contributed by atoms with van der Waals surface area (Å²) in [6, 6.07) is 5.19. The minimum Gasteiger partial charge on any atom is -0.466 e. The number of rotatable bonds is 6. The number of carbonyl (C=O) groups excluding carboxylic acids is 2. The van der Waals surface area contributed by atoms with E-state index in [1.165, 1.54) is 0 Å². The normalized spacial score (nSPS) is 17.1. The van der Waals surface area contributed by atoms with Gasteiger partial charge in [-0.25, -0.2) is 0 Å². The fourth-order valence-electron chi connectivity index (χ4n) is 2.94. The van der Waals surface area contributed by atoms with E-state index in [0.29, 0.717) is 23.2 Å². The van der Waals surface area contributed by atoms with Crippen LogP contribution in [0.1, 0.15) is 38.3 Å². The van der Waals surface area contributed by atoms with Gasteiger partial charge >= 0.3 is 5.97 Å². The van der Waals surface area contributed by atoms with Crippen molar-refractivity contribution in [3.8, 4) is 0 Å². The van der Waals surface area contributed by atoms with Gasteiger partial charge in [0.2, 0.25) is 5.91 Å². The third-order valence-corrected chi connectivity index (χ3v) is 5.13. The van der Waals surface area contributed by atoms with E-state index >= 15 is 0 Å². The zero-order valence-electron chi connectivity index (χ0n) is 14.6. The third-order valence-electron chi connectivity index (χ3n) is 4.40. The van der Waals surface area contributed by atoms with Crippen molar-refractivity contribution in [1.29, 1.82) is 0 Å². The quantitative estimate of drug-likeness (QED) is 0.760. The first kappa shape index (κ1) is 20.0. The summed E-state index contributed by atoms with van der Waals surface area (Å²) in [5, 5.41) is 3.94. The molecule has 1 saturated heterocycles. The number of benzene rings is 1. The number of likely N-dealkylation sites (tertiary alicyclic amines) is 1. The second-order valence-electron chi connectivity index (χ2n) is 6.27. The molecule has 1 N–H and O–H groups in total. The van der Waals surface area contributed by atoms with E-state index < -0.39 is 0 Å². The van der Waals surface area contributed by atoms with Crippen LogP contribution >= 0.6 is 23.2 Å². The van der Waals surface area contributed by atoms with Crippen LogP contribution in [0.25, 0.3) is 0 Å². The van der Waals surface area contributed by atoms with E-state index in [1.807, 2.05) is 19.9 Å².